The minimum Gasteiger partial charge on any atom is -0.481 e. The molecule has 3 rings (SSSR count). The van der Waals surface area contributed by atoms with Crippen molar-refractivity contribution in [2.45, 2.75) is 26.3 Å². The maximum atomic E-state index is 13.9. The zero-order valence-electron chi connectivity index (χ0n) is 13.7. The van der Waals surface area contributed by atoms with E-state index in [2.05, 4.69) is 4.98 Å². The predicted molar refractivity (Wildman–Crippen MR) is 96.7 cm³/mol. The number of aromatic nitrogens is 1. The summed E-state index contributed by atoms with van der Waals surface area (Å²) in [7, 11) is 0. The van der Waals surface area contributed by atoms with Gasteiger partial charge in [-0.15, -0.1) is 22.7 Å². The average molecular weight is 396 g/mol. The number of nitrogens with zero attached hydrogens (tertiary/aromatic N) is 2. The molecule has 0 unspecified atom stereocenters. The van der Waals surface area contributed by atoms with Crippen molar-refractivity contribution in [3.05, 3.63) is 45.1 Å². The van der Waals surface area contributed by atoms with Crippen LogP contribution in [-0.4, -0.2) is 22.0 Å². The van der Waals surface area contributed by atoms with Gasteiger partial charge in [0.25, 0.3) is 0 Å². The first kappa shape index (κ1) is 18.4. The van der Waals surface area contributed by atoms with Gasteiger partial charge in [-0.3, -0.25) is 9.59 Å². The molecule has 0 radical (unpaired) electrons. The molecular formula is C17H14F2N2O3S2. The normalized spacial score (nSPS) is 11.0. The number of fused-ring (bicyclic) bond motifs is 1. The third-order valence-corrected chi connectivity index (χ3v) is 5.65. The Kier molecular flexibility index (Phi) is 5.28. The first-order valence-electron chi connectivity index (χ1n) is 7.66. The van der Waals surface area contributed by atoms with Crippen molar-refractivity contribution in [3.8, 4) is 0 Å². The average Bonchev–Trinajstić information content (AvgIpc) is 3.20. The Labute approximate surface area is 155 Å². The lowest BCUT2D eigenvalue weighted by atomic mass is 10.2. The summed E-state index contributed by atoms with van der Waals surface area (Å²) in [6.07, 6.45) is -0.434. The molecule has 2 aromatic heterocycles. The molecule has 0 aliphatic rings. The summed E-state index contributed by atoms with van der Waals surface area (Å²) in [5.74, 6) is -3.32. The Morgan fingerprint density at radius 1 is 1.23 bits per heavy atom. The minimum atomic E-state index is -1.06. The van der Waals surface area contributed by atoms with E-state index in [1.807, 2.05) is 12.3 Å². The Hall–Kier alpha value is -2.39. The summed E-state index contributed by atoms with van der Waals surface area (Å²) in [4.78, 5) is 29.9. The first-order valence-corrected chi connectivity index (χ1v) is 9.36. The van der Waals surface area contributed by atoms with Crippen LogP contribution in [0.2, 0.25) is 0 Å². The number of hydrogen-bond donors (Lipinski definition) is 1. The summed E-state index contributed by atoms with van der Waals surface area (Å²) in [6.45, 7) is 1.92. The van der Waals surface area contributed by atoms with Crippen LogP contribution in [0.25, 0.3) is 10.2 Å². The Balaban J connectivity index is 1.93. The van der Waals surface area contributed by atoms with E-state index in [1.165, 1.54) is 22.3 Å². The molecule has 1 N–H and O–H groups in total. The van der Waals surface area contributed by atoms with Gasteiger partial charge < -0.3 is 10.0 Å². The number of aryl methyl sites for hydroxylation is 1. The molecule has 3 aromatic rings. The highest BCUT2D eigenvalue weighted by molar-refractivity contribution is 7.18. The SMILES string of the molecule is Cc1sccc1N(Cc1nc2ccc(F)c(F)c2s1)C(=O)CCC(=O)O. The zero-order valence-corrected chi connectivity index (χ0v) is 15.3. The number of rotatable bonds is 6. The minimum absolute atomic E-state index is 0.0659. The molecule has 0 saturated heterocycles. The molecule has 9 heteroatoms. The monoisotopic (exact) mass is 396 g/mol. The van der Waals surface area contributed by atoms with Crippen molar-refractivity contribution in [2.24, 2.45) is 0 Å². The van der Waals surface area contributed by atoms with Crippen molar-refractivity contribution in [3.63, 3.8) is 0 Å². The van der Waals surface area contributed by atoms with E-state index in [4.69, 9.17) is 5.11 Å². The molecule has 0 saturated carbocycles. The van der Waals surface area contributed by atoms with Gasteiger partial charge in [0, 0.05) is 11.3 Å². The maximum Gasteiger partial charge on any atom is 0.303 e. The molecule has 26 heavy (non-hydrogen) atoms. The third kappa shape index (κ3) is 3.73. The number of carboxylic acid groups (broad SMARTS) is 1. The Bertz CT molecular complexity index is 984. The summed E-state index contributed by atoms with van der Waals surface area (Å²) in [5.41, 5.74) is 0.986. The molecule has 1 aromatic carbocycles. The maximum absolute atomic E-state index is 13.9. The number of anilines is 1. The van der Waals surface area contributed by atoms with E-state index < -0.39 is 17.6 Å². The second-order valence-electron chi connectivity index (χ2n) is 5.55. The van der Waals surface area contributed by atoms with E-state index in [0.717, 1.165) is 22.3 Å². The fraction of sp³-hybridized carbons (Fsp3) is 0.235. The summed E-state index contributed by atoms with van der Waals surface area (Å²) in [5, 5.41) is 11.1. The van der Waals surface area contributed by atoms with Gasteiger partial charge in [-0.25, -0.2) is 13.8 Å². The second-order valence-corrected chi connectivity index (χ2v) is 7.76. The van der Waals surface area contributed by atoms with Crippen molar-refractivity contribution in [1.82, 2.24) is 4.98 Å². The lowest BCUT2D eigenvalue weighted by Crippen LogP contribution is -2.30. The van der Waals surface area contributed by atoms with Crippen LogP contribution in [0.3, 0.4) is 0 Å². The highest BCUT2D eigenvalue weighted by Gasteiger charge is 2.22. The number of halogens is 2. The molecule has 0 spiro atoms. The molecule has 0 bridgehead atoms. The van der Waals surface area contributed by atoms with Gasteiger partial charge in [-0.2, -0.15) is 0 Å². The first-order chi connectivity index (χ1) is 12.4. The fourth-order valence-corrected chi connectivity index (χ4v) is 4.18. The van der Waals surface area contributed by atoms with Crippen LogP contribution in [0.4, 0.5) is 14.5 Å². The Morgan fingerprint density at radius 2 is 2.00 bits per heavy atom. The molecule has 0 fully saturated rings. The van der Waals surface area contributed by atoms with Crippen LogP contribution in [-0.2, 0) is 16.1 Å². The summed E-state index contributed by atoms with van der Waals surface area (Å²) < 4.78 is 27.4. The highest BCUT2D eigenvalue weighted by Crippen LogP contribution is 2.31. The topological polar surface area (TPSA) is 70.5 Å². The smallest absolute Gasteiger partial charge is 0.303 e. The van der Waals surface area contributed by atoms with Crippen molar-refractivity contribution >= 4 is 50.5 Å². The summed E-state index contributed by atoms with van der Waals surface area (Å²) >= 11 is 2.44. The molecule has 136 valence electrons. The van der Waals surface area contributed by atoms with Gasteiger partial charge in [-0.05, 0) is 30.5 Å². The highest BCUT2D eigenvalue weighted by atomic mass is 32.1. The number of amides is 1. The van der Waals surface area contributed by atoms with Crippen LogP contribution in [0.1, 0.15) is 22.7 Å². The number of thiazole rings is 1. The molecular weight excluding hydrogens is 382 g/mol. The molecule has 5 nitrogen and oxygen atoms in total. The van der Waals surface area contributed by atoms with Gasteiger partial charge in [0.2, 0.25) is 5.91 Å². The Morgan fingerprint density at radius 3 is 2.65 bits per heavy atom. The number of carboxylic acids is 1. The standard InChI is InChI=1S/C17H14F2N2O3S2/c1-9-12(6-7-25-9)21(14(22)4-5-15(23)24)8-13-20-11-3-2-10(18)16(19)17(11)26-13/h2-3,6-7H,4-5,8H2,1H3,(H,23,24). The second kappa shape index (κ2) is 7.46. The lowest BCUT2D eigenvalue weighted by molar-refractivity contribution is -0.138. The number of carbonyl (C=O) groups excluding carboxylic acids is 1. The van der Waals surface area contributed by atoms with Crippen molar-refractivity contribution in [2.75, 3.05) is 4.90 Å². The van der Waals surface area contributed by atoms with Gasteiger partial charge in [0.15, 0.2) is 11.6 Å². The lowest BCUT2D eigenvalue weighted by Gasteiger charge is -2.21. The van der Waals surface area contributed by atoms with E-state index in [-0.39, 0.29) is 30.0 Å². The van der Waals surface area contributed by atoms with Crippen LogP contribution >= 0.6 is 22.7 Å². The van der Waals surface area contributed by atoms with Crippen LogP contribution in [0.5, 0.6) is 0 Å². The number of hydrogen-bond acceptors (Lipinski definition) is 5. The van der Waals surface area contributed by atoms with E-state index >= 15 is 0 Å². The molecule has 2 heterocycles. The van der Waals surface area contributed by atoms with Crippen molar-refractivity contribution in [1.29, 1.82) is 0 Å². The van der Waals surface area contributed by atoms with Crippen LogP contribution in [0.15, 0.2) is 23.6 Å². The third-order valence-electron chi connectivity index (χ3n) is 3.76. The van der Waals surface area contributed by atoms with E-state index in [1.54, 1.807) is 6.07 Å². The zero-order chi connectivity index (χ0) is 18.8. The van der Waals surface area contributed by atoms with Gasteiger partial charge in [-0.1, -0.05) is 0 Å². The fourth-order valence-electron chi connectivity index (χ4n) is 2.50. The van der Waals surface area contributed by atoms with Gasteiger partial charge in [0.05, 0.1) is 28.9 Å². The molecule has 0 atom stereocenters. The largest absolute Gasteiger partial charge is 0.481 e. The number of aliphatic carboxylic acids is 1. The molecule has 0 aliphatic heterocycles. The molecule has 1 amide bonds. The van der Waals surface area contributed by atoms with Gasteiger partial charge in [0.1, 0.15) is 5.01 Å². The number of thiophene rings is 1. The van der Waals surface area contributed by atoms with Crippen LogP contribution < -0.4 is 4.90 Å². The van der Waals surface area contributed by atoms with Crippen LogP contribution in [0, 0.1) is 18.6 Å². The quantitative estimate of drug-likeness (QED) is 0.673. The van der Waals surface area contributed by atoms with E-state index in [9.17, 15) is 18.4 Å². The van der Waals surface area contributed by atoms with Gasteiger partial charge >= 0.3 is 5.97 Å². The number of carbonyl (C=O) groups is 2. The van der Waals surface area contributed by atoms with E-state index in [0.29, 0.717) is 16.2 Å². The van der Waals surface area contributed by atoms with Crippen molar-refractivity contribution < 1.29 is 23.5 Å². The number of benzene rings is 1. The predicted octanol–water partition coefficient (Wildman–Crippen LogP) is 4.34. The molecule has 0 aliphatic carbocycles. The summed E-state index contributed by atoms with van der Waals surface area (Å²) in [6, 6.07) is 4.17.